The number of pyridine rings is 1. The lowest BCUT2D eigenvalue weighted by atomic mass is 10.2. The van der Waals surface area contributed by atoms with Gasteiger partial charge in [0.2, 0.25) is 10.0 Å². The largest absolute Gasteiger partial charge is 0.362 e. The molecule has 3 rings (SSSR count). The van der Waals surface area contributed by atoms with Crippen molar-refractivity contribution in [1.82, 2.24) is 14.3 Å². The molecular weight excluding hydrogens is 358 g/mol. The molecule has 25 heavy (non-hydrogen) atoms. The van der Waals surface area contributed by atoms with E-state index in [9.17, 15) is 13.2 Å². The predicted octanol–water partition coefficient (Wildman–Crippen LogP) is 2.79. The standard InChI is InChI=1S/C17H21N3O3S2/c1-12-9-15(13(2)19-12)16(21)11-24-17-6-5-14(10-18-17)25(22,23)20-7-3-4-8-20/h5-6,9-10,19H,3-4,7-8,11H2,1-2H3. The van der Waals surface area contributed by atoms with Crippen LogP contribution in [0.2, 0.25) is 0 Å². The molecule has 0 saturated carbocycles. The number of ketones is 1. The molecule has 0 amide bonds. The zero-order chi connectivity index (χ0) is 18.0. The quantitative estimate of drug-likeness (QED) is 0.616. The number of aromatic amines is 1. The molecular formula is C17H21N3O3S2. The molecule has 8 heteroatoms. The number of carbonyl (C=O) groups excluding carboxylic acids is 1. The Labute approximate surface area is 152 Å². The third-order valence-electron chi connectivity index (χ3n) is 4.21. The summed E-state index contributed by atoms with van der Waals surface area (Å²) in [7, 11) is -3.44. The summed E-state index contributed by atoms with van der Waals surface area (Å²) in [6.45, 7) is 4.94. The molecule has 1 fully saturated rings. The Kier molecular flexibility index (Phi) is 5.31. The van der Waals surface area contributed by atoms with Crippen LogP contribution in [0, 0.1) is 13.8 Å². The Morgan fingerprint density at radius 2 is 2.00 bits per heavy atom. The molecule has 1 aliphatic rings. The zero-order valence-electron chi connectivity index (χ0n) is 14.3. The van der Waals surface area contributed by atoms with Crippen LogP contribution in [0.5, 0.6) is 0 Å². The highest BCUT2D eigenvalue weighted by Gasteiger charge is 2.27. The van der Waals surface area contributed by atoms with E-state index in [4.69, 9.17) is 0 Å². The van der Waals surface area contributed by atoms with Crippen molar-refractivity contribution in [3.63, 3.8) is 0 Å². The predicted molar refractivity (Wildman–Crippen MR) is 97.6 cm³/mol. The Balaban J connectivity index is 1.65. The second kappa shape index (κ2) is 7.31. The van der Waals surface area contributed by atoms with Gasteiger partial charge in [0.05, 0.1) is 10.8 Å². The van der Waals surface area contributed by atoms with E-state index in [0.29, 0.717) is 23.7 Å². The first-order valence-electron chi connectivity index (χ1n) is 8.16. The number of hydrogen-bond acceptors (Lipinski definition) is 5. The smallest absolute Gasteiger partial charge is 0.244 e. The highest BCUT2D eigenvalue weighted by Crippen LogP contribution is 2.23. The maximum Gasteiger partial charge on any atom is 0.244 e. The van der Waals surface area contributed by atoms with Crippen LogP contribution in [0.3, 0.4) is 0 Å². The van der Waals surface area contributed by atoms with E-state index in [2.05, 4.69) is 9.97 Å². The van der Waals surface area contributed by atoms with E-state index in [0.717, 1.165) is 24.2 Å². The van der Waals surface area contributed by atoms with Crippen molar-refractivity contribution in [2.75, 3.05) is 18.8 Å². The Morgan fingerprint density at radius 3 is 2.56 bits per heavy atom. The van der Waals surface area contributed by atoms with Gasteiger partial charge in [-0.3, -0.25) is 4.79 Å². The summed E-state index contributed by atoms with van der Waals surface area (Å²) in [6.07, 6.45) is 3.19. The monoisotopic (exact) mass is 379 g/mol. The van der Waals surface area contributed by atoms with Gasteiger partial charge in [0.25, 0.3) is 0 Å². The number of H-pyrrole nitrogens is 1. The van der Waals surface area contributed by atoms with Gasteiger partial charge >= 0.3 is 0 Å². The summed E-state index contributed by atoms with van der Waals surface area (Å²) in [5, 5.41) is 0.638. The maximum atomic E-state index is 12.5. The van der Waals surface area contributed by atoms with E-state index in [1.165, 1.54) is 22.3 Å². The summed E-state index contributed by atoms with van der Waals surface area (Å²) in [4.78, 5) is 19.8. The van der Waals surface area contributed by atoms with E-state index < -0.39 is 10.0 Å². The van der Waals surface area contributed by atoms with Gasteiger partial charge in [-0.1, -0.05) is 11.8 Å². The molecule has 3 heterocycles. The minimum atomic E-state index is -3.44. The van der Waals surface area contributed by atoms with E-state index in [1.807, 2.05) is 19.9 Å². The first-order valence-corrected chi connectivity index (χ1v) is 10.6. The van der Waals surface area contributed by atoms with Crippen LogP contribution in [0.1, 0.15) is 34.6 Å². The lowest BCUT2D eigenvalue weighted by Crippen LogP contribution is -2.27. The third-order valence-corrected chi connectivity index (χ3v) is 7.04. The number of rotatable bonds is 6. The fraction of sp³-hybridized carbons (Fsp3) is 0.412. The molecule has 1 saturated heterocycles. The topological polar surface area (TPSA) is 83.1 Å². The number of hydrogen-bond donors (Lipinski definition) is 1. The van der Waals surface area contributed by atoms with Crippen molar-refractivity contribution in [3.8, 4) is 0 Å². The van der Waals surface area contributed by atoms with Gasteiger partial charge < -0.3 is 4.98 Å². The third kappa shape index (κ3) is 3.96. The fourth-order valence-electron chi connectivity index (χ4n) is 2.91. The van der Waals surface area contributed by atoms with Crippen molar-refractivity contribution >= 4 is 27.6 Å². The number of nitrogens with one attached hydrogen (secondary N) is 1. The number of thioether (sulfide) groups is 1. The Hall–Kier alpha value is -1.64. The molecule has 2 aromatic rings. The summed E-state index contributed by atoms with van der Waals surface area (Å²) >= 11 is 1.31. The average Bonchev–Trinajstić information content (AvgIpc) is 3.23. The molecule has 1 N–H and O–H groups in total. The average molecular weight is 380 g/mol. The van der Waals surface area contributed by atoms with Crippen molar-refractivity contribution in [3.05, 3.63) is 41.3 Å². The minimum Gasteiger partial charge on any atom is -0.362 e. The second-order valence-electron chi connectivity index (χ2n) is 6.15. The Bertz CT molecular complexity index is 867. The number of carbonyl (C=O) groups is 1. The molecule has 0 radical (unpaired) electrons. The van der Waals surface area contributed by atoms with Crippen LogP contribution in [0.4, 0.5) is 0 Å². The van der Waals surface area contributed by atoms with Gasteiger partial charge in [0.15, 0.2) is 5.78 Å². The molecule has 0 aromatic carbocycles. The van der Waals surface area contributed by atoms with Crippen molar-refractivity contribution in [1.29, 1.82) is 0 Å². The Morgan fingerprint density at radius 1 is 1.28 bits per heavy atom. The van der Waals surface area contributed by atoms with Crippen molar-refractivity contribution in [2.45, 2.75) is 36.6 Å². The maximum absolute atomic E-state index is 12.5. The lowest BCUT2D eigenvalue weighted by Gasteiger charge is -2.15. The molecule has 0 unspecified atom stereocenters. The van der Waals surface area contributed by atoms with E-state index >= 15 is 0 Å². The molecule has 0 aliphatic carbocycles. The normalized spacial score (nSPS) is 15.6. The van der Waals surface area contributed by atoms with Crippen LogP contribution in [-0.4, -0.2) is 47.3 Å². The number of aromatic nitrogens is 2. The molecule has 6 nitrogen and oxygen atoms in total. The summed E-state index contributed by atoms with van der Waals surface area (Å²) in [5.41, 5.74) is 2.52. The minimum absolute atomic E-state index is 0.0300. The van der Waals surface area contributed by atoms with Gasteiger partial charge in [0.1, 0.15) is 4.90 Å². The lowest BCUT2D eigenvalue weighted by molar-refractivity contribution is 0.102. The van der Waals surface area contributed by atoms with Crippen LogP contribution >= 0.6 is 11.8 Å². The van der Waals surface area contributed by atoms with Gasteiger partial charge in [-0.2, -0.15) is 4.31 Å². The molecule has 1 aliphatic heterocycles. The molecule has 0 atom stereocenters. The highest BCUT2D eigenvalue weighted by molar-refractivity contribution is 7.99. The number of sulfonamides is 1. The van der Waals surface area contributed by atoms with Gasteiger partial charge in [-0.15, -0.1) is 0 Å². The van der Waals surface area contributed by atoms with Crippen LogP contribution in [0.15, 0.2) is 34.3 Å². The summed E-state index contributed by atoms with van der Waals surface area (Å²) < 4.78 is 26.4. The first-order chi connectivity index (χ1) is 11.9. The van der Waals surface area contributed by atoms with Crippen molar-refractivity contribution < 1.29 is 13.2 Å². The van der Waals surface area contributed by atoms with Gasteiger partial charge in [-0.05, 0) is 44.9 Å². The second-order valence-corrected chi connectivity index (χ2v) is 9.08. The van der Waals surface area contributed by atoms with Crippen LogP contribution in [-0.2, 0) is 10.0 Å². The van der Waals surface area contributed by atoms with Gasteiger partial charge in [0, 0.05) is 36.2 Å². The van der Waals surface area contributed by atoms with Crippen LogP contribution < -0.4 is 0 Å². The molecule has 0 bridgehead atoms. The van der Waals surface area contributed by atoms with E-state index in [-0.39, 0.29) is 16.4 Å². The molecule has 134 valence electrons. The number of aryl methyl sites for hydroxylation is 2. The van der Waals surface area contributed by atoms with Gasteiger partial charge in [-0.25, -0.2) is 13.4 Å². The number of nitrogens with zero attached hydrogens (tertiary/aromatic N) is 2. The highest BCUT2D eigenvalue weighted by atomic mass is 32.2. The molecule has 2 aromatic heterocycles. The van der Waals surface area contributed by atoms with Crippen molar-refractivity contribution in [2.24, 2.45) is 0 Å². The van der Waals surface area contributed by atoms with E-state index in [1.54, 1.807) is 12.1 Å². The zero-order valence-corrected chi connectivity index (χ0v) is 15.9. The SMILES string of the molecule is Cc1cc(C(=O)CSc2ccc(S(=O)(=O)N3CCCC3)cn2)c(C)[nH]1. The fourth-order valence-corrected chi connectivity index (χ4v) is 5.10. The number of Topliss-reactive ketones (excluding diaryl/α,β-unsaturated/α-hetero) is 1. The summed E-state index contributed by atoms with van der Waals surface area (Å²) in [5.74, 6) is 0.297. The molecule has 0 spiro atoms. The van der Waals surface area contributed by atoms with Crippen LogP contribution in [0.25, 0.3) is 0 Å². The summed E-state index contributed by atoms with van der Waals surface area (Å²) in [6, 6.07) is 5.08. The first kappa shape index (κ1) is 18.2.